The molecule has 0 unspecified atom stereocenters. The molecule has 1 nitrogen and oxygen atoms in total. The van der Waals surface area contributed by atoms with Crippen LogP contribution in [0.1, 0.15) is 44.5 Å². The normalized spacial score (nSPS) is 11.8. The highest BCUT2D eigenvalue weighted by Gasteiger charge is 2.28. The third kappa shape index (κ3) is 3.19. The number of ketones is 1. The van der Waals surface area contributed by atoms with Crippen molar-refractivity contribution < 1.29 is 4.79 Å². The number of benzene rings is 1. The zero-order chi connectivity index (χ0) is 11.5. The van der Waals surface area contributed by atoms with E-state index in [1.54, 1.807) is 0 Å². The molecule has 0 N–H and O–H groups in total. The van der Waals surface area contributed by atoms with Crippen LogP contribution in [0.15, 0.2) is 30.3 Å². The van der Waals surface area contributed by atoms with Gasteiger partial charge in [0, 0.05) is 11.0 Å². The van der Waals surface area contributed by atoms with Gasteiger partial charge in [0.15, 0.2) is 5.78 Å². The monoisotopic (exact) mass is 204 g/mol. The largest absolute Gasteiger partial charge is 0.294 e. The fraction of sp³-hybridized carbons (Fsp3) is 0.500. The lowest BCUT2D eigenvalue weighted by atomic mass is 9.78. The van der Waals surface area contributed by atoms with E-state index in [4.69, 9.17) is 0 Å². The third-order valence-corrected chi connectivity index (χ3v) is 2.57. The van der Waals surface area contributed by atoms with Crippen LogP contribution < -0.4 is 0 Å². The van der Waals surface area contributed by atoms with Gasteiger partial charge in [-0.3, -0.25) is 4.79 Å². The van der Waals surface area contributed by atoms with Crippen molar-refractivity contribution in [3.8, 4) is 0 Å². The molecule has 0 fully saturated rings. The summed E-state index contributed by atoms with van der Waals surface area (Å²) in [5.74, 6) is 0.796. The van der Waals surface area contributed by atoms with Gasteiger partial charge >= 0.3 is 0 Å². The molecule has 0 aliphatic heterocycles. The summed E-state index contributed by atoms with van der Waals surface area (Å²) in [5.41, 5.74) is 0.568. The molecule has 1 aromatic rings. The van der Waals surface area contributed by atoms with Crippen molar-refractivity contribution in [2.75, 3.05) is 0 Å². The lowest BCUT2D eigenvalue weighted by Gasteiger charge is -2.25. The molecule has 0 atom stereocenters. The molecule has 0 radical (unpaired) electrons. The van der Waals surface area contributed by atoms with Crippen molar-refractivity contribution in [2.45, 2.75) is 34.1 Å². The fourth-order valence-corrected chi connectivity index (χ4v) is 2.09. The predicted molar refractivity (Wildman–Crippen MR) is 64.0 cm³/mol. The quantitative estimate of drug-likeness (QED) is 0.679. The van der Waals surface area contributed by atoms with Crippen molar-refractivity contribution in [3.63, 3.8) is 0 Å². The van der Waals surface area contributed by atoms with Crippen molar-refractivity contribution in [1.29, 1.82) is 0 Å². The Kier molecular flexibility index (Phi) is 3.67. The lowest BCUT2D eigenvalue weighted by molar-refractivity contribution is 0.0808. The summed E-state index contributed by atoms with van der Waals surface area (Å²) in [7, 11) is 0. The minimum atomic E-state index is -0.254. The number of carbonyl (C=O) groups excluding carboxylic acids is 1. The van der Waals surface area contributed by atoms with Gasteiger partial charge in [0.2, 0.25) is 0 Å². The number of rotatable bonds is 4. The molecule has 0 saturated heterocycles. The molecule has 0 aliphatic carbocycles. The van der Waals surface area contributed by atoms with E-state index in [2.05, 4.69) is 13.8 Å². The Morgan fingerprint density at radius 1 is 1.20 bits per heavy atom. The molecule has 1 aromatic carbocycles. The van der Waals surface area contributed by atoms with E-state index >= 15 is 0 Å². The standard InChI is InChI=1S/C14H20O/c1-11(2)10-14(3,4)13(15)12-8-6-5-7-9-12/h5-9,11H,10H2,1-4H3. The molecule has 0 aromatic heterocycles. The molecular formula is C14H20O. The minimum absolute atomic E-state index is 0.247. The highest BCUT2D eigenvalue weighted by molar-refractivity contribution is 5.99. The smallest absolute Gasteiger partial charge is 0.168 e. The molecule has 1 heteroatoms. The van der Waals surface area contributed by atoms with E-state index in [-0.39, 0.29) is 11.2 Å². The zero-order valence-corrected chi connectivity index (χ0v) is 10.1. The molecule has 1 rings (SSSR count). The molecule has 0 bridgehead atoms. The maximum atomic E-state index is 12.2. The Labute approximate surface area is 92.5 Å². The van der Waals surface area contributed by atoms with E-state index in [1.165, 1.54) is 0 Å². The van der Waals surface area contributed by atoms with Crippen molar-refractivity contribution >= 4 is 5.78 Å². The maximum absolute atomic E-state index is 12.2. The molecule has 0 amide bonds. The Morgan fingerprint density at radius 2 is 1.73 bits per heavy atom. The average molecular weight is 204 g/mol. The number of carbonyl (C=O) groups is 1. The number of hydrogen-bond acceptors (Lipinski definition) is 1. The van der Waals surface area contributed by atoms with Crippen LogP contribution in [0.5, 0.6) is 0 Å². The summed E-state index contributed by atoms with van der Waals surface area (Å²) in [5, 5.41) is 0. The van der Waals surface area contributed by atoms with Gasteiger partial charge in [-0.05, 0) is 12.3 Å². The van der Waals surface area contributed by atoms with Crippen LogP contribution in [0, 0.1) is 11.3 Å². The van der Waals surface area contributed by atoms with E-state index in [0.717, 1.165) is 12.0 Å². The van der Waals surface area contributed by atoms with E-state index in [1.807, 2.05) is 44.2 Å². The van der Waals surface area contributed by atoms with Gasteiger partial charge in [0.05, 0.1) is 0 Å². The molecule has 0 spiro atoms. The second-order valence-electron chi connectivity index (χ2n) is 5.18. The van der Waals surface area contributed by atoms with Gasteiger partial charge in [-0.15, -0.1) is 0 Å². The Hall–Kier alpha value is -1.11. The summed E-state index contributed by atoms with van der Waals surface area (Å²) in [6.45, 7) is 8.37. The first-order chi connectivity index (χ1) is 6.93. The topological polar surface area (TPSA) is 17.1 Å². The summed E-state index contributed by atoms with van der Waals surface area (Å²) < 4.78 is 0. The lowest BCUT2D eigenvalue weighted by Crippen LogP contribution is -2.26. The van der Waals surface area contributed by atoms with Crippen LogP contribution in [0.4, 0.5) is 0 Å². The first-order valence-corrected chi connectivity index (χ1v) is 5.53. The van der Waals surface area contributed by atoms with Crippen LogP contribution in [0.2, 0.25) is 0 Å². The van der Waals surface area contributed by atoms with Crippen molar-refractivity contribution in [3.05, 3.63) is 35.9 Å². The van der Waals surface area contributed by atoms with Crippen molar-refractivity contribution in [1.82, 2.24) is 0 Å². The van der Waals surface area contributed by atoms with E-state index in [0.29, 0.717) is 5.92 Å². The third-order valence-electron chi connectivity index (χ3n) is 2.57. The van der Waals surface area contributed by atoms with Crippen LogP contribution in [0.3, 0.4) is 0 Å². The molecule has 0 saturated carbocycles. The molecular weight excluding hydrogens is 184 g/mol. The Morgan fingerprint density at radius 3 is 2.20 bits per heavy atom. The van der Waals surface area contributed by atoms with Gasteiger partial charge in [-0.1, -0.05) is 58.0 Å². The van der Waals surface area contributed by atoms with Crippen molar-refractivity contribution in [2.24, 2.45) is 11.3 Å². The second-order valence-corrected chi connectivity index (χ2v) is 5.18. The van der Waals surface area contributed by atoms with Gasteiger partial charge < -0.3 is 0 Å². The number of Topliss-reactive ketones (excluding diaryl/α,β-unsaturated/α-hetero) is 1. The SMILES string of the molecule is CC(C)CC(C)(C)C(=O)c1ccccc1. The molecule has 0 aliphatic rings. The van der Waals surface area contributed by atoms with Crippen LogP contribution in [-0.4, -0.2) is 5.78 Å². The summed E-state index contributed by atoms with van der Waals surface area (Å²) in [6, 6.07) is 9.55. The summed E-state index contributed by atoms with van der Waals surface area (Å²) in [4.78, 5) is 12.2. The average Bonchev–Trinajstić information content (AvgIpc) is 2.16. The molecule has 15 heavy (non-hydrogen) atoms. The zero-order valence-electron chi connectivity index (χ0n) is 10.1. The molecule has 0 heterocycles. The predicted octanol–water partition coefficient (Wildman–Crippen LogP) is 3.94. The van der Waals surface area contributed by atoms with E-state index in [9.17, 15) is 4.79 Å². The highest BCUT2D eigenvalue weighted by Crippen LogP contribution is 2.29. The Bertz CT molecular complexity index is 322. The van der Waals surface area contributed by atoms with Gasteiger partial charge in [-0.2, -0.15) is 0 Å². The van der Waals surface area contributed by atoms with Gasteiger partial charge in [0.25, 0.3) is 0 Å². The highest BCUT2D eigenvalue weighted by atomic mass is 16.1. The first-order valence-electron chi connectivity index (χ1n) is 5.53. The second kappa shape index (κ2) is 4.61. The van der Waals surface area contributed by atoms with Crippen LogP contribution in [-0.2, 0) is 0 Å². The van der Waals surface area contributed by atoms with Gasteiger partial charge in [-0.25, -0.2) is 0 Å². The summed E-state index contributed by atoms with van der Waals surface area (Å²) in [6.07, 6.45) is 0.931. The van der Waals surface area contributed by atoms with Crippen LogP contribution >= 0.6 is 0 Å². The minimum Gasteiger partial charge on any atom is -0.294 e. The number of hydrogen-bond donors (Lipinski definition) is 0. The summed E-state index contributed by atoms with van der Waals surface area (Å²) >= 11 is 0. The first kappa shape index (κ1) is 12.0. The Balaban J connectivity index is 2.85. The molecule has 82 valence electrons. The maximum Gasteiger partial charge on any atom is 0.168 e. The van der Waals surface area contributed by atoms with E-state index < -0.39 is 0 Å². The van der Waals surface area contributed by atoms with Crippen LogP contribution in [0.25, 0.3) is 0 Å². The van der Waals surface area contributed by atoms with Gasteiger partial charge in [0.1, 0.15) is 0 Å². The fourth-order valence-electron chi connectivity index (χ4n) is 2.09.